The molecule has 0 aliphatic rings. The fourth-order valence-electron chi connectivity index (χ4n) is 6.78. The van der Waals surface area contributed by atoms with E-state index in [-0.39, 0.29) is 95.5 Å². The first kappa shape index (κ1) is 89.1. The van der Waals surface area contributed by atoms with Crippen LogP contribution in [0.2, 0.25) is 0 Å². The van der Waals surface area contributed by atoms with Crippen LogP contribution in [0.4, 0.5) is 0 Å². The molecule has 548 valence electrons. The fraction of sp³-hybridized carbons (Fsp3) is 0.327. The molecule has 0 saturated heterocycles. The van der Waals surface area contributed by atoms with Gasteiger partial charge in [0.1, 0.15) is 28.9 Å². The average molecular weight is 1520 g/mol. The maximum absolute atomic E-state index is 11.1. The molecule has 0 amide bonds. The first-order valence-corrected chi connectivity index (χ1v) is 36.2. The summed E-state index contributed by atoms with van der Waals surface area (Å²) in [6, 6.07) is 16.4. The van der Waals surface area contributed by atoms with Crippen LogP contribution in [0.25, 0.3) is 0 Å². The van der Waals surface area contributed by atoms with Crippen LogP contribution in [-0.2, 0) is 92.5 Å². The minimum atomic E-state index is -4.98. The number of carbonyl (C=O) groups is 5. The summed E-state index contributed by atoms with van der Waals surface area (Å²) in [5.74, 6) is -4.17. The van der Waals surface area contributed by atoms with Crippen molar-refractivity contribution in [3.63, 3.8) is 0 Å². The molecule has 0 spiro atoms. The molecule has 40 nitrogen and oxygen atoms in total. The number of ketones is 5. The third-order valence-electron chi connectivity index (χ3n) is 11.7. The van der Waals surface area contributed by atoms with Crippen LogP contribution < -0.4 is 56.2 Å². The maximum Gasteiger partial charge on any atom is 0.524 e. The van der Waals surface area contributed by atoms with Crippen molar-refractivity contribution in [3.8, 4) is 57.5 Å². The van der Waals surface area contributed by atoms with E-state index in [0.29, 0.717) is 27.8 Å². The van der Waals surface area contributed by atoms with E-state index in [9.17, 15) is 71.8 Å². The minimum absolute atomic E-state index is 0.00130. The number of hydrogen-bond acceptors (Lipinski definition) is 28. The number of phenolic OH excluding ortho intramolecular Hbond substituents is 4. The summed E-state index contributed by atoms with van der Waals surface area (Å²) in [7, 11) is -28.6. The van der Waals surface area contributed by atoms with Gasteiger partial charge in [0.2, 0.25) is 13.6 Å². The van der Waals surface area contributed by atoms with Gasteiger partial charge in [0.25, 0.3) is 0 Å². The van der Waals surface area contributed by atoms with Crippen molar-refractivity contribution in [2.24, 2.45) is 28.7 Å². The molecule has 98 heavy (non-hydrogen) atoms. The maximum atomic E-state index is 11.1. The third kappa shape index (κ3) is 39.6. The topological polar surface area (TPSA) is 715 Å². The van der Waals surface area contributed by atoms with Gasteiger partial charge in [-0.05, 0) is 155 Å². The van der Waals surface area contributed by atoms with Gasteiger partial charge in [-0.2, -0.15) is 0 Å². The van der Waals surface area contributed by atoms with Gasteiger partial charge in [0.15, 0.2) is 57.5 Å². The highest BCUT2D eigenvalue weighted by molar-refractivity contribution is 7.48. The molecule has 5 aromatic carbocycles. The Morgan fingerprint density at radius 2 is 0.541 bits per heavy atom. The molecule has 0 heterocycles. The molecule has 0 aliphatic carbocycles. The number of benzene rings is 5. The van der Waals surface area contributed by atoms with E-state index >= 15 is 0 Å². The van der Waals surface area contributed by atoms with Gasteiger partial charge in [0, 0.05) is 0 Å². The monoisotopic (exact) mass is 1520 g/mol. The summed E-state index contributed by atoms with van der Waals surface area (Å²) in [5, 5.41) is 38.1. The molecule has 0 aliphatic heterocycles. The first-order valence-electron chi connectivity index (χ1n) is 27.0. The Balaban J connectivity index is 0.000000614. The van der Waals surface area contributed by atoms with Gasteiger partial charge in [-0.1, -0.05) is 30.3 Å². The second-order valence-electron chi connectivity index (χ2n) is 20.2. The van der Waals surface area contributed by atoms with Crippen LogP contribution in [-0.4, -0.2) is 152 Å². The van der Waals surface area contributed by atoms with Crippen LogP contribution >= 0.6 is 46.9 Å². The molecule has 0 unspecified atom stereocenters. The normalized spacial score (nSPS) is 13.2. The van der Waals surface area contributed by atoms with E-state index in [1.165, 1.54) is 101 Å². The van der Waals surface area contributed by atoms with E-state index in [1.54, 1.807) is 12.1 Å². The quantitative estimate of drug-likeness (QED) is 0.0220. The number of ether oxygens (including phenoxy) is 2. The summed E-state index contributed by atoms with van der Waals surface area (Å²) >= 11 is 0. The zero-order valence-corrected chi connectivity index (χ0v) is 57.3. The zero-order chi connectivity index (χ0) is 75.6. The number of rotatable bonds is 31. The van der Waals surface area contributed by atoms with Gasteiger partial charge in [-0.3, -0.25) is 63.1 Å². The first-order chi connectivity index (χ1) is 44.6. The van der Waals surface area contributed by atoms with Gasteiger partial charge in [-0.25, -0.2) is 36.4 Å². The number of phosphoric acid groups is 6. The van der Waals surface area contributed by atoms with Crippen molar-refractivity contribution in [2.45, 2.75) is 96.9 Å². The summed E-state index contributed by atoms with van der Waals surface area (Å²) in [4.78, 5) is 159. The van der Waals surface area contributed by atoms with Gasteiger partial charge in [0.05, 0.1) is 30.2 Å². The lowest BCUT2D eigenvalue weighted by molar-refractivity contribution is -0.119. The molecule has 0 bridgehead atoms. The summed E-state index contributed by atoms with van der Waals surface area (Å²) < 4.78 is 99.0. The number of aromatic hydroxyl groups is 4. The fourth-order valence-corrected chi connectivity index (χ4v) is 8.78. The van der Waals surface area contributed by atoms with E-state index in [4.69, 9.17) is 96.9 Å². The molecule has 0 radical (unpaired) electrons. The van der Waals surface area contributed by atoms with Crippen molar-refractivity contribution in [3.05, 3.63) is 119 Å². The van der Waals surface area contributed by atoms with E-state index in [2.05, 4.69) is 27.1 Å². The Labute approximate surface area is 556 Å². The lowest BCUT2D eigenvalue weighted by Gasteiger charge is -2.15. The minimum Gasteiger partial charge on any atom is -0.504 e. The number of phenols is 4. The van der Waals surface area contributed by atoms with Crippen LogP contribution in [0, 0.1) is 0 Å². The predicted octanol–water partition coefficient (Wildman–Crippen LogP) is 1.33. The summed E-state index contributed by atoms with van der Waals surface area (Å²) in [5.41, 5.74) is 30.6. The van der Waals surface area contributed by atoms with E-state index < -0.39 is 114 Å². The highest BCUT2D eigenvalue weighted by Gasteiger charge is 2.27. The Hall–Kier alpha value is -6.93. The largest absolute Gasteiger partial charge is 0.524 e. The molecule has 0 aromatic heterocycles. The van der Waals surface area contributed by atoms with Crippen LogP contribution in [0.1, 0.15) is 62.4 Å². The molecule has 5 rings (SSSR count). The summed E-state index contributed by atoms with van der Waals surface area (Å²) in [6.45, 7) is 5.30. The van der Waals surface area contributed by atoms with Crippen LogP contribution in [0.3, 0.4) is 0 Å². The van der Waals surface area contributed by atoms with Crippen molar-refractivity contribution in [1.29, 1.82) is 0 Å². The molecule has 5 atom stereocenters. The van der Waals surface area contributed by atoms with E-state index in [1.807, 2.05) is 0 Å². The molecular formula is C52H75N5O35P6. The lowest BCUT2D eigenvalue weighted by atomic mass is 10.0. The Bertz CT molecular complexity index is 3830. The molecule has 0 fully saturated rings. The Kier molecular flexibility index (Phi) is 36.1. The average Bonchev–Trinajstić information content (AvgIpc) is 0.858. The SMILES string of the molecule is CC(=O)[C@@H](N)Cc1ccc(O)c(OCOP(=O)(O)O)c1.CC(=O)[C@@H](N)Cc1ccc(O)c(OP(=O)(O)O)c1.CC(=O)[C@@H](N)Cc1ccc(OCOP(=O)(O)O)c(O)c1.CC(=O)[C@@H](N)Cc1ccc(OP(=O)(O)O)c(O)c1.CC(=O)[C@@H](N)Cc1ccc(OP(=O)(O)O)c(OP(=O)(O)O)c1. The number of phosphoric ester groups is 6. The van der Waals surface area contributed by atoms with Crippen molar-refractivity contribution >= 4 is 75.9 Å². The van der Waals surface area contributed by atoms with Gasteiger partial charge >= 0.3 is 46.9 Å². The number of hydrogen-bond donors (Lipinski definition) is 21. The standard InChI is InChI=1S/2C11H16NO7P.C10H15NO9P2.2C10H14NO6P/c1-7(13)9(12)4-8-2-3-11(10(14)5-8)18-6-19-20(15,16)17;1-7(13)9(12)4-8-2-3-10(14)11(5-8)18-6-19-20(15,16)17;1-6(12)8(11)4-7-2-3-9(19-21(13,14)15)10(5-7)20-22(16,17)18;1-6(12)8(11)4-7-2-3-10(9(13)5-7)17-18(14,15)16;1-6(12)8(11)4-7-2-3-9(13)10(5-7)17-18(14,15)16/h2*2-3,5,9,14H,4,6,12H2,1H3,(H2,15,16,17);2-3,5,8H,4,11H2,1H3,(H2,13,14,15)(H2,16,17,18);2*2-3,5,8,13H,4,11H2,1H3,(H2,14,15,16)/t2*9-;3*8-/m00000/s1. The molecular weight excluding hydrogens is 1440 g/mol. The number of Topliss-reactive ketones (excluding diaryl/α,β-unsaturated/α-hetero) is 5. The Morgan fingerprint density at radius 1 is 0.306 bits per heavy atom. The van der Waals surface area contributed by atoms with Crippen molar-refractivity contribution < 1.29 is 167 Å². The van der Waals surface area contributed by atoms with Crippen LogP contribution in [0.5, 0.6) is 57.5 Å². The smallest absolute Gasteiger partial charge is 0.504 e. The zero-order valence-electron chi connectivity index (χ0n) is 52.0. The number of nitrogens with two attached hydrogens (primary N) is 5. The summed E-state index contributed by atoms with van der Waals surface area (Å²) in [6.07, 6.45) is 0.975. The van der Waals surface area contributed by atoms with Gasteiger partial charge < -0.3 is 96.2 Å². The second-order valence-corrected chi connectivity index (χ2v) is 27.3. The third-order valence-corrected chi connectivity index (χ3v) is 14.4. The van der Waals surface area contributed by atoms with Crippen molar-refractivity contribution in [2.75, 3.05) is 13.6 Å². The molecule has 5 aromatic rings. The van der Waals surface area contributed by atoms with Gasteiger partial charge in [-0.15, -0.1) is 0 Å². The highest BCUT2D eigenvalue weighted by Crippen LogP contribution is 2.48. The van der Waals surface area contributed by atoms with Crippen molar-refractivity contribution in [1.82, 2.24) is 0 Å². The number of carbonyl (C=O) groups excluding carboxylic acids is 5. The predicted molar refractivity (Wildman–Crippen MR) is 339 cm³/mol. The highest BCUT2D eigenvalue weighted by atomic mass is 31.2. The Morgan fingerprint density at radius 3 is 0.847 bits per heavy atom. The van der Waals surface area contributed by atoms with Crippen LogP contribution in [0.15, 0.2) is 91.0 Å². The molecule has 26 N–H and O–H groups in total. The molecule has 46 heteroatoms. The lowest BCUT2D eigenvalue weighted by Crippen LogP contribution is -2.30. The molecule has 0 saturated carbocycles. The van der Waals surface area contributed by atoms with E-state index in [0.717, 1.165) is 12.1 Å². The second kappa shape index (κ2) is 39.8.